The predicted molar refractivity (Wildman–Crippen MR) is 125 cm³/mol. The van der Waals surface area contributed by atoms with Crippen molar-refractivity contribution in [3.63, 3.8) is 0 Å². The van der Waals surface area contributed by atoms with Crippen LogP contribution in [-0.4, -0.2) is 50.8 Å². The highest BCUT2D eigenvalue weighted by Gasteiger charge is 2.23. The number of esters is 1. The quantitative estimate of drug-likeness (QED) is 0.421. The summed E-state index contributed by atoms with van der Waals surface area (Å²) in [5.41, 5.74) is 4.27. The van der Waals surface area contributed by atoms with Crippen LogP contribution in [0.15, 0.2) is 36.4 Å². The van der Waals surface area contributed by atoms with Crippen LogP contribution in [0, 0.1) is 0 Å². The molecular weight excluding hydrogens is 424 g/mol. The lowest BCUT2D eigenvalue weighted by molar-refractivity contribution is -0.144. The minimum absolute atomic E-state index is 0.0161. The molecule has 0 saturated carbocycles. The Morgan fingerprint density at radius 1 is 0.818 bits per heavy atom. The molecule has 3 aromatic rings. The Balaban J connectivity index is 2.23. The number of hydrogen-bond donors (Lipinski definition) is 0. The maximum Gasteiger partial charge on any atom is 0.327 e. The van der Waals surface area contributed by atoms with Gasteiger partial charge in [-0.25, -0.2) is 0 Å². The van der Waals surface area contributed by atoms with Gasteiger partial charge in [0.25, 0.3) is 0 Å². The SMILES string of the molecule is CCOC(=O)Cn1nc(-c2ccc(OC)c(OC)c2)c(CC)c1-c1ccc(OC)c(OC)c1. The summed E-state index contributed by atoms with van der Waals surface area (Å²) in [6.07, 6.45) is 0.691. The standard InChI is InChI=1S/C25H30N2O6/c1-7-18-24(16-9-11-19(29-3)21(13-16)31-5)26-27(15-23(28)33-8-2)25(18)17-10-12-20(30-4)22(14-17)32-6/h9-14H,7-8,15H2,1-6H3. The molecule has 0 N–H and O–H groups in total. The third-order valence-electron chi connectivity index (χ3n) is 5.30. The average molecular weight is 455 g/mol. The number of benzene rings is 2. The van der Waals surface area contributed by atoms with Gasteiger partial charge in [0.1, 0.15) is 6.54 Å². The first-order valence-corrected chi connectivity index (χ1v) is 10.7. The van der Waals surface area contributed by atoms with Crippen LogP contribution in [0.4, 0.5) is 0 Å². The Bertz CT molecular complexity index is 1120. The monoisotopic (exact) mass is 454 g/mol. The van der Waals surface area contributed by atoms with Crippen LogP contribution in [0.2, 0.25) is 0 Å². The highest BCUT2D eigenvalue weighted by molar-refractivity contribution is 5.79. The molecule has 3 rings (SSSR count). The van der Waals surface area contributed by atoms with Gasteiger partial charge in [0, 0.05) is 16.7 Å². The van der Waals surface area contributed by atoms with Crippen molar-refractivity contribution < 1.29 is 28.5 Å². The Morgan fingerprint density at radius 3 is 1.88 bits per heavy atom. The zero-order chi connectivity index (χ0) is 24.0. The van der Waals surface area contributed by atoms with Gasteiger partial charge in [-0.1, -0.05) is 6.92 Å². The van der Waals surface area contributed by atoms with E-state index in [1.165, 1.54) is 0 Å². The first-order chi connectivity index (χ1) is 16.0. The molecule has 0 unspecified atom stereocenters. The molecule has 0 radical (unpaired) electrons. The van der Waals surface area contributed by atoms with E-state index in [0.29, 0.717) is 36.0 Å². The molecule has 0 aliphatic heterocycles. The smallest absolute Gasteiger partial charge is 0.327 e. The molecule has 0 saturated heterocycles. The van der Waals surface area contributed by atoms with Crippen molar-refractivity contribution in [2.75, 3.05) is 35.0 Å². The van der Waals surface area contributed by atoms with Gasteiger partial charge >= 0.3 is 5.97 Å². The van der Waals surface area contributed by atoms with Crippen LogP contribution in [-0.2, 0) is 22.5 Å². The number of ether oxygens (including phenoxy) is 5. The van der Waals surface area contributed by atoms with Gasteiger partial charge in [0.05, 0.1) is 46.4 Å². The molecule has 0 aliphatic rings. The van der Waals surface area contributed by atoms with Crippen LogP contribution in [0.5, 0.6) is 23.0 Å². The van der Waals surface area contributed by atoms with E-state index in [9.17, 15) is 4.79 Å². The number of aromatic nitrogens is 2. The van der Waals surface area contributed by atoms with E-state index in [-0.39, 0.29) is 12.5 Å². The number of methoxy groups -OCH3 is 4. The van der Waals surface area contributed by atoms with E-state index in [0.717, 1.165) is 28.1 Å². The van der Waals surface area contributed by atoms with E-state index in [1.54, 1.807) is 40.0 Å². The molecule has 176 valence electrons. The lowest BCUT2D eigenvalue weighted by Gasteiger charge is -2.13. The minimum Gasteiger partial charge on any atom is -0.493 e. The highest BCUT2D eigenvalue weighted by Crippen LogP contribution is 2.39. The topological polar surface area (TPSA) is 81.0 Å². The first-order valence-electron chi connectivity index (χ1n) is 10.7. The molecule has 0 fully saturated rings. The number of carbonyl (C=O) groups is 1. The average Bonchev–Trinajstić information content (AvgIpc) is 3.20. The van der Waals surface area contributed by atoms with E-state index < -0.39 is 0 Å². The summed E-state index contributed by atoms with van der Waals surface area (Å²) >= 11 is 0. The fraction of sp³-hybridized carbons (Fsp3) is 0.360. The Hall–Kier alpha value is -3.68. The second-order valence-corrected chi connectivity index (χ2v) is 7.13. The Morgan fingerprint density at radius 2 is 1.36 bits per heavy atom. The summed E-state index contributed by atoms with van der Waals surface area (Å²) < 4.78 is 28.6. The second kappa shape index (κ2) is 10.8. The van der Waals surface area contributed by atoms with Crippen molar-refractivity contribution in [2.45, 2.75) is 26.8 Å². The Labute approximate surface area is 194 Å². The van der Waals surface area contributed by atoms with E-state index >= 15 is 0 Å². The van der Waals surface area contributed by atoms with Gasteiger partial charge in [0.15, 0.2) is 23.0 Å². The fourth-order valence-corrected chi connectivity index (χ4v) is 3.80. The van der Waals surface area contributed by atoms with Crippen LogP contribution < -0.4 is 18.9 Å². The summed E-state index contributed by atoms with van der Waals surface area (Å²) in [5.74, 6) is 2.09. The van der Waals surface area contributed by atoms with Crippen molar-refractivity contribution in [1.29, 1.82) is 0 Å². The summed E-state index contributed by atoms with van der Waals surface area (Å²) in [4.78, 5) is 12.4. The molecule has 1 heterocycles. The van der Waals surface area contributed by atoms with Gasteiger partial charge in [-0.05, 0) is 49.7 Å². The Kier molecular flexibility index (Phi) is 7.82. The maximum absolute atomic E-state index is 12.4. The first kappa shape index (κ1) is 24.0. The lowest BCUT2D eigenvalue weighted by atomic mass is 9.99. The van der Waals surface area contributed by atoms with Crippen LogP contribution in [0.3, 0.4) is 0 Å². The molecular formula is C25H30N2O6. The summed E-state index contributed by atoms with van der Waals surface area (Å²) in [6, 6.07) is 11.3. The van der Waals surface area contributed by atoms with E-state index in [1.807, 2.05) is 36.4 Å². The third kappa shape index (κ3) is 4.89. The minimum atomic E-state index is -0.358. The highest BCUT2D eigenvalue weighted by atomic mass is 16.5. The van der Waals surface area contributed by atoms with Crippen molar-refractivity contribution in [3.05, 3.63) is 42.0 Å². The van der Waals surface area contributed by atoms with Gasteiger partial charge in [-0.15, -0.1) is 0 Å². The van der Waals surface area contributed by atoms with Gasteiger partial charge in [0.2, 0.25) is 0 Å². The number of rotatable bonds is 10. The van der Waals surface area contributed by atoms with Gasteiger partial charge in [-0.3, -0.25) is 9.48 Å². The number of nitrogens with zero attached hydrogens (tertiary/aromatic N) is 2. The summed E-state index contributed by atoms with van der Waals surface area (Å²) in [6.45, 7) is 4.12. The lowest BCUT2D eigenvalue weighted by Crippen LogP contribution is -2.15. The van der Waals surface area contributed by atoms with Crippen LogP contribution >= 0.6 is 0 Å². The molecule has 0 amide bonds. The van der Waals surface area contributed by atoms with Crippen molar-refractivity contribution in [1.82, 2.24) is 9.78 Å². The summed E-state index contributed by atoms with van der Waals surface area (Å²) in [7, 11) is 6.37. The molecule has 8 heteroatoms. The maximum atomic E-state index is 12.4. The molecule has 0 atom stereocenters. The second-order valence-electron chi connectivity index (χ2n) is 7.13. The molecule has 8 nitrogen and oxygen atoms in total. The predicted octanol–water partition coefficient (Wildman–Crippen LogP) is 4.38. The fourth-order valence-electron chi connectivity index (χ4n) is 3.80. The largest absolute Gasteiger partial charge is 0.493 e. The van der Waals surface area contributed by atoms with Crippen molar-refractivity contribution in [2.24, 2.45) is 0 Å². The molecule has 0 aliphatic carbocycles. The molecule has 33 heavy (non-hydrogen) atoms. The van der Waals surface area contributed by atoms with Gasteiger partial charge < -0.3 is 23.7 Å². The van der Waals surface area contributed by atoms with Crippen LogP contribution in [0.1, 0.15) is 19.4 Å². The van der Waals surface area contributed by atoms with Crippen LogP contribution in [0.25, 0.3) is 22.5 Å². The molecule has 0 spiro atoms. The van der Waals surface area contributed by atoms with Crippen molar-refractivity contribution >= 4 is 5.97 Å². The van der Waals surface area contributed by atoms with Crippen molar-refractivity contribution in [3.8, 4) is 45.5 Å². The zero-order valence-corrected chi connectivity index (χ0v) is 19.9. The molecule has 2 aromatic carbocycles. The summed E-state index contributed by atoms with van der Waals surface area (Å²) in [5, 5.41) is 4.83. The van der Waals surface area contributed by atoms with E-state index in [2.05, 4.69) is 6.92 Å². The number of hydrogen-bond acceptors (Lipinski definition) is 7. The van der Waals surface area contributed by atoms with E-state index in [4.69, 9.17) is 28.8 Å². The molecule has 1 aromatic heterocycles. The third-order valence-corrected chi connectivity index (χ3v) is 5.30. The number of carbonyl (C=O) groups excluding carboxylic acids is 1. The normalized spacial score (nSPS) is 10.6. The molecule has 0 bridgehead atoms. The zero-order valence-electron chi connectivity index (χ0n) is 19.9. The van der Waals surface area contributed by atoms with Gasteiger partial charge in [-0.2, -0.15) is 5.10 Å².